The van der Waals surface area contributed by atoms with Gasteiger partial charge in [-0.3, -0.25) is 4.79 Å². The van der Waals surface area contributed by atoms with Crippen LogP contribution in [-0.4, -0.2) is 39.9 Å². The fraction of sp³-hybridized carbons (Fsp3) is 0.524. The van der Waals surface area contributed by atoms with Crippen LogP contribution in [0.15, 0.2) is 35.9 Å². The Morgan fingerprint density at radius 3 is 2.59 bits per heavy atom. The van der Waals surface area contributed by atoms with Crippen LogP contribution >= 0.6 is 0 Å². The van der Waals surface area contributed by atoms with Crippen LogP contribution in [0.3, 0.4) is 0 Å². The standard InChI is InChI=1S/C21H30O5Si/c1-21(2,3)27(5,6)26-18-12-16(19(22)13-18)10-15-8-7-9-17(11-15)25-14-20(23)24-4/h7-9,11-12,18H,10,13-14H2,1-6H3/t18-/m0/s1. The van der Waals surface area contributed by atoms with Crippen LogP contribution in [0.25, 0.3) is 0 Å². The normalized spacial score (nSPS) is 17.6. The van der Waals surface area contributed by atoms with Gasteiger partial charge in [-0.05, 0) is 47.5 Å². The number of ether oxygens (including phenoxy) is 2. The fourth-order valence-corrected chi connectivity index (χ4v) is 3.91. The summed E-state index contributed by atoms with van der Waals surface area (Å²) in [5.41, 5.74) is 1.74. The van der Waals surface area contributed by atoms with Gasteiger partial charge in [0.05, 0.1) is 13.2 Å². The summed E-state index contributed by atoms with van der Waals surface area (Å²) in [6, 6.07) is 7.42. The van der Waals surface area contributed by atoms with Crippen molar-refractivity contribution in [3.05, 3.63) is 41.5 Å². The molecule has 0 amide bonds. The molecule has 0 saturated heterocycles. The van der Waals surface area contributed by atoms with E-state index < -0.39 is 14.3 Å². The van der Waals surface area contributed by atoms with E-state index in [0.29, 0.717) is 18.6 Å². The Morgan fingerprint density at radius 2 is 1.96 bits per heavy atom. The van der Waals surface area contributed by atoms with E-state index >= 15 is 0 Å². The van der Waals surface area contributed by atoms with Gasteiger partial charge in [-0.2, -0.15) is 0 Å². The van der Waals surface area contributed by atoms with Crippen molar-refractivity contribution in [3.8, 4) is 5.75 Å². The predicted octanol–water partition coefficient (Wildman–Crippen LogP) is 4.07. The highest BCUT2D eigenvalue weighted by molar-refractivity contribution is 6.74. The minimum Gasteiger partial charge on any atom is -0.482 e. The minimum absolute atomic E-state index is 0.109. The van der Waals surface area contributed by atoms with Crippen molar-refractivity contribution in [3.63, 3.8) is 0 Å². The van der Waals surface area contributed by atoms with Crippen molar-refractivity contribution in [2.75, 3.05) is 13.7 Å². The van der Waals surface area contributed by atoms with Crippen LogP contribution in [0, 0.1) is 0 Å². The van der Waals surface area contributed by atoms with Gasteiger partial charge in [0, 0.05) is 12.8 Å². The van der Waals surface area contributed by atoms with Gasteiger partial charge >= 0.3 is 5.97 Å². The number of benzene rings is 1. The third-order valence-corrected chi connectivity index (χ3v) is 9.77. The summed E-state index contributed by atoms with van der Waals surface area (Å²) in [4.78, 5) is 23.6. The maximum atomic E-state index is 12.4. The smallest absolute Gasteiger partial charge is 0.343 e. The van der Waals surface area contributed by atoms with Gasteiger partial charge in [-0.25, -0.2) is 4.79 Å². The van der Waals surface area contributed by atoms with Crippen molar-refractivity contribution >= 4 is 20.1 Å². The zero-order chi connectivity index (χ0) is 20.2. The summed E-state index contributed by atoms with van der Waals surface area (Å²) in [5.74, 6) is 0.289. The molecular formula is C21H30O5Si. The van der Waals surface area contributed by atoms with Crippen LogP contribution in [0.1, 0.15) is 32.8 Å². The van der Waals surface area contributed by atoms with Crippen LogP contribution < -0.4 is 4.74 Å². The quantitative estimate of drug-likeness (QED) is 0.519. The molecule has 0 aromatic heterocycles. The number of carbonyl (C=O) groups excluding carboxylic acids is 2. The maximum Gasteiger partial charge on any atom is 0.343 e. The molecule has 0 aliphatic heterocycles. The van der Waals surface area contributed by atoms with Crippen LogP contribution in [-0.2, 0) is 25.2 Å². The van der Waals surface area contributed by atoms with E-state index in [0.717, 1.165) is 11.1 Å². The first-order valence-corrected chi connectivity index (χ1v) is 12.1. The Kier molecular flexibility index (Phi) is 6.65. The Balaban J connectivity index is 2.04. The average Bonchev–Trinajstić information content (AvgIpc) is 2.90. The summed E-state index contributed by atoms with van der Waals surface area (Å²) in [6.45, 7) is 10.8. The summed E-state index contributed by atoms with van der Waals surface area (Å²) < 4.78 is 16.4. The van der Waals surface area contributed by atoms with Crippen LogP contribution in [0.5, 0.6) is 5.75 Å². The van der Waals surface area contributed by atoms with Gasteiger partial charge in [0.25, 0.3) is 0 Å². The fourth-order valence-electron chi connectivity index (χ4n) is 2.64. The molecule has 0 fully saturated rings. The number of rotatable bonds is 7. The molecule has 148 valence electrons. The maximum absolute atomic E-state index is 12.4. The molecule has 5 nitrogen and oxygen atoms in total. The van der Waals surface area contributed by atoms with Crippen molar-refractivity contribution in [1.29, 1.82) is 0 Å². The molecule has 0 saturated carbocycles. The van der Waals surface area contributed by atoms with Gasteiger partial charge in [-0.15, -0.1) is 0 Å². The van der Waals surface area contributed by atoms with E-state index in [9.17, 15) is 9.59 Å². The lowest BCUT2D eigenvalue weighted by Gasteiger charge is -2.37. The summed E-state index contributed by atoms with van der Waals surface area (Å²) in [7, 11) is -0.594. The molecule has 0 unspecified atom stereocenters. The zero-order valence-electron chi connectivity index (χ0n) is 17.1. The van der Waals surface area contributed by atoms with Crippen LogP contribution in [0.2, 0.25) is 18.1 Å². The molecule has 0 N–H and O–H groups in total. The van der Waals surface area contributed by atoms with Gasteiger partial charge in [0.2, 0.25) is 0 Å². The Bertz CT molecular complexity index is 730. The monoisotopic (exact) mass is 390 g/mol. The molecule has 27 heavy (non-hydrogen) atoms. The predicted molar refractivity (Wildman–Crippen MR) is 107 cm³/mol. The van der Waals surface area contributed by atoms with Crippen molar-refractivity contribution in [1.82, 2.24) is 0 Å². The summed E-state index contributed by atoms with van der Waals surface area (Å²) in [5, 5.41) is 0.109. The molecule has 1 aromatic carbocycles. The van der Waals surface area contributed by atoms with Crippen molar-refractivity contribution < 1.29 is 23.5 Å². The number of ketones is 1. The Hall–Kier alpha value is -1.92. The van der Waals surface area contributed by atoms with Gasteiger partial charge in [0.15, 0.2) is 20.7 Å². The molecule has 2 rings (SSSR count). The van der Waals surface area contributed by atoms with E-state index in [4.69, 9.17) is 9.16 Å². The highest BCUT2D eigenvalue weighted by Crippen LogP contribution is 2.38. The first-order valence-electron chi connectivity index (χ1n) is 9.22. The summed E-state index contributed by atoms with van der Waals surface area (Å²) >= 11 is 0. The second kappa shape index (κ2) is 8.40. The lowest BCUT2D eigenvalue weighted by molar-refractivity contribution is -0.142. The van der Waals surface area contributed by atoms with E-state index in [1.807, 2.05) is 24.3 Å². The molecule has 0 spiro atoms. The molecule has 0 heterocycles. The van der Waals surface area contributed by atoms with Crippen molar-refractivity contribution in [2.45, 2.75) is 57.8 Å². The number of esters is 1. The molecule has 1 atom stereocenters. The lowest BCUT2D eigenvalue weighted by Crippen LogP contribution is -2.43. The van der Waals surface area contributed by atoms with Gasteiger partial charge in [0.1, 0.15) is 5.75 Å². The third-order valence-electron chi connectivity index (χ3n) is 5.26. The number of allylic oxidation sites excluding steroid dienone is 1. The largest absolute Gasteiger partial charge is 0.482 e. The number of hydrogen-bond donors (Lipinski definition) is 0. The van der Waals surface area contributed by atoms with E-state index in [-0.39, 0.29) is 23.5 Å². The van der Waals surface area contributed by atoms with E-state index in [1.54, 1.807) is 6.07 Å². The van der Waals surface area contributed by atoms with E-state index in [1.165, 1.54) is 7.11 Å². The first kappa shape index (κ1) is 21.4. The van der Waals surface area contributed by atoms with Crippen molar-refractivity contribution in [2.24, 2.45) is 0 Å². The Morgan fingerprint density at radius 1 is 1.26 bits per heavy atom. The number of methoxy groups -OCH3 is 1. The number of hydrogen-bond acceptors (Lipinski definition) is 5. The first-order chi connectivity index (χ1) is 12.5. The number of carbonyl (C=O) groups is 2. The highest BCUT2D eigenvalue weighted by Gasteiger charge is 2.40. The van der Waals surface area contributed by atoms with Gasteiger partial charge < -0.3 is 13.9 Å². The second-order valence-electron chi connectivity index (χ2n) is 8.42. The molecule has 0 radical (unpaired) electrons. The molecule has 0 bridgehead atoms. The summed E-state index contributed by atoms with van der Waals surface area (Å²) in [6.07, 6.45) is 2.80. The Labute approximate surface area is 162 Å². The highest BCUT2D eigenvalue weighted by atomic mass is 28.4. The molecule has 1 aromatic rings. The SMILES string of the molecule is COC(=O)COc1cccc(CC2=C[C@H](O[Si](C)(C)C(C)(C)C)CC2=O)c1. The minimum atomic E-state index is -1.92. The zero-order valence-corrected chi connectivity index (χ0v) is 18.1. The molecule has 1 aliphatic carbocycles. The van der Waals surface area contributed by atoms with Gasteiger partial charge in [-0.1, -0.05) is 32.9 Å². The van der Waals surface area contributed by atoms with E-state index in [2.05, 4.69) is 38.6 Å². The molecular weight excluding hydrogens is 360 g/mol. The van der Waals surface area contributed by atoms with Crippen LogP contribution in [0.4, 0.5) is 0 Å². The average molecular weight is 391 g/mol. The second-order valence-corrected chi connectivity index (χ2v) is 13.2. The number of Topliss-reactive ketones (excluding diaryl/α,β-unsaturated/α-hetero) is 1. The molecule has 1 aliphatic rings. The lowest BCUT2D eigenvalue weighted by atomic mass is 10.0. The third kappa shape index (κ3) is 5.78. The molecule has 6 heteroatoms. The topological polar surface area (TPSA) is 61.8 Å².